The van der Waals surface area contributed by atoms with Crippen LogP contribution in [0.4, 0.5) is 13.2 Å². The number of aromatic nitrogens is 1. The molecule has 0 saturated heterocycles. The van der Waals surface area contributed by atoms with Crippen molar-refractivity contribution in [3.8, 4) is 16.3 Å². The predicted molar refractivity (Wildman–Crippen MR) is 118 cm³/mol. The molecule has 0 spiro atoms. The van der Waals surface area contributed by atoms with E-state index in [1.54, 1.807) is 18.7 Å². The van der Waals surface area contributed by atoms with Crippen molar-refractivity contribution in [2.75, 3.05) is 0 Å². The zero-order valence-corrected chi connectivity index (χ0v) is 19.0. The first kappa shape index (κ1) is 22.7. The van der Waals surface area contributed by atoms with E-state index in [4.69, 9.17) is 4.74 Å². The van der Waals surface area contributed by atoms with Crippen molar-refractivity contribution in [3.05, 3.63) is 64.2 Å². The Hall–Kier alpha value is -2.52. The zero-order valence-electron chi connectivity index (χ0n) is 17.3. The quantitative estimate of drug-likeness (QED) is 0.418. The summed E-state index contributed by atoms with van der Waals surface area (Å²) in [6.45, 7) is 3.48. The minimum absolute atomic E-state index is 0.411. The highest BCUT2D eigenvalue weighted by Crippen LogP contribution is 2.38. The number of ether oxygens (including phenoxy) is 1. The van der Waals surface area contributed by atoms with Gasteiger partial charge < -0.3 is 9.84 Å². The van der Waals surface area contributed by atoms with E-state index in [0.717, 1.165) is 33.2 Å². The second-order valence-electron chi connectivity index (χ2n) is 7.80. The topological polar surface area (TPSA) is 59.4 Å². The number of nitrogens with zero attached hydrogens (tertiary/aromatic N) is 1. The van der Waals surface area contributed by atoms with Gasteiger partial charge in [-0.1, -0.05) is 12.1 Å². The van der Waals surface area contributed by atoms with Crippen molar-refractivity contribution >= 4 is 29.1 Å². The maximum Gasteiger partial charge on any atom is 0.416 e. The molecule has 168 valence electrons. The Bertz CT molecular complexity index is 1160. The Morgan fingerprint density at radius 2 is 1.97 bits per heavy atom. The Morgan fingerprint density at radius 1 is 1.25 bits per heavy atom. The molecule has 0 unspecified atom stereocenters. The molecule has 0 saturated carbocycles. The Morgan fingerprint density at radius 3 is 2.62 bits per heavy atom. The summed E-state index contributed by atoms with van der Waals surface area (Å²) in [5.74, 6) is 0.312. The van der Waals surface area contributed by atoms with Gasteiger partial charge >= 0.3 is 12.1 Å². The highest BCUT2D eigenvalue weighted by atomic mass is 32.2. The van der Waals surface area contributed by atoms with Gasteiger partial charge in [-0.25, -0.2) is 9.78 Å². The fourth-order valence-corrected chi connectivity index (χ4v) is 5.57. The Kier molecular flexibility index (Phi) is 5.98. The number of carbonyl (C=O) groups is 1. The lowest BCUT2D eigenvalue weighted by molar-refractivity contribution is -0.155. The average molecular weight is 480 g/mol. The second kappa shape index (κ2) is 8.44. The highest BCUT2D eigenvalue weighted by molar-refractivity contribution is 7.98. The standard InChI is InChI=1S/C23H20F3NO3S2/c1-13-19(32-20(27-13)14-3-5-16(6-4-14)23(24,25)26)12-31-17-7-8-18-15(11-17)9-10-22(2,30-18)21(28)29/h3-8,11H,9-10,12H2,1-2H3,(H,28,29)/t22-/m1/s1. The van der Waals surface area contributed by atoms with Crippen LogP contribution < -0.4 is 4.74 Å². The predicted octanol–water partition coefficient (Wildman–Crippen LogP) is 6.60. The number of aryl methyl sites for hydroxylation is 2. The van der Waals surface area contributed by atoms with Gasteiger partial charge in [-0.05, 0) is 56.2 Å². The van der Waals surface area contributed by atoms with Crippen LogP contribution in [0.15, 0.2) is 47.4 Å². The highest BCUT2D eigenvalue weighted by Gasteiger charge is 2.39. The number of alkyl halides is 3. The summed E-state index contributed by atoms with van der Waals surface area (Å²) in [4.78, 5) is 18.1. The van der Waals surface area contributed by atoms with Crippen LogP contribution in [0.3, 0.4) is 0 Å². The first-order chi connectivity index (χ1) is 15.0. The van der Waals surface area contributed by atoms with Gasteiger partial charge in [0.2, 0.25) is 5.60 Å². The van der Waals surface area contributed by atoms with Gasteiger partial charge in [-0.2, -0.15) is 13.2 Å². The number of carboxylic acids is 1. The molecule has 32 heavy (non-hydrogen) atoms. The molecule has 2 aromatic carbocycles. The third-order valence-electron chi connectivity index (χ3n) is 5.41. The van der Waals surface area contributed by atoms with Crippen LogP contribution in [0, 0.1) is 6.92 Å². The summed E-state index contributed by atoms with van der Waals surface area (Å²) in [5, 5.41) is 10.1. The number of aliphatic carboxylic acids is 1. The minimum Gasteiger partial charge on any atom is -0.478 e. The maximum absolute atomic E-state index is 12.8. The largest absolute Gasteiger partial charge is 0.478 e. The zero-order chi connectivity index (χ0) is 23.1. The number of thiazole rings is 1. The molecule has 1 aliphatic rings. The van der Waals surface area contributed by atoms with Gasteiger partial charge in [0.15, 0.2) is 0 Å². The van der Waals surface area contributed by atoms with Gasteiger partial charge in [0.1, 0.15) is 10.8 Å². The molecule has 0 fully saturated rings. The van der Waals surface area contributed by atoms with Crippen LogP contribution >= 0.6 is 23.1 Å². The number of hydrogen-bond acceptors (Lipinski definition) is 5. The molecule has 3 aromatic rings. The molecule has 1 aromatic heterocycles. The van der Waals surface area contributed by atoms with Crippen LogP contribution in [0.1, 0.15) is 35.0 Å². The van der Waals surface area contributed by atoms with Crippen molar-refractivity contribution in [1.82, 2.24) is 4.98 Å². The van der Waals surface area contributed by atoms with E-state index in [0.29, 0.717) is 34.9 Å². The van der Waals surface area contributed by atoms with E-state index in [-0.39, 0.29) is 0 Å². The Balaban J connectivity index is 1.45. The first-order valence-electron chi connectivity index (χ1n) is 9.87. The number of fused-ring (bicyclic) bond motifs is 1. The summed E-state index contributed by atoms with van der Waals surface area (Å²) < 4.78 is 44.1. The molecule has 1 N–H and O–H groups in total. The number of hydrogen-bond donors (Lipinski definition) is 1. The van der Waals surface area contributed by atoms with Crippen molar-refractivity contribution in [2.24, 2.45) is 0 Å². The summed E-state index contributed by atoms with van der Waals surface area (Å²) in [6.07, 6.45) is -3.32. The molecule has 0 bridgehead atoms. The number of carboxylic acid groups (broad SMARTS) is 1. The van der Waals surface area contributed by atoms with E-state index < -0.39 is 23.3 Å². The van der Waals surface area contributed by atoms with Gasteiger partial charge in [-0.3, -0.25) is 0 Å². The second-order valence-corrected chi connectivity index (χ2v) is 9.93. The van der Waals surface area contributed by atoms with Gasteiger partial charge in [0.05, 0.1) is 11.3 Å². The number of thioether (sulfide) groups is 1. The minimum atomic E-state index is -4.36. The Labute approximate surface area is 191 Å². The molecule has 4 nitrogen and oxygen atoms in total. The monoisotopic (exact) mass is 479 g/mol. The van der Waals surface area contributed by atoms with Crippen LogP contribution in [0.5, 0.6) is 5.75 Å². The summed E-state index contributed by atoms with van der Waals surface area (Å²) in [7, 11) is 0. The number of halogens is 3. The molecule has 1 aliphatic heterocycles. The van der Waals surface area contributed by atoms with E-state index in [9.17, 15) is 23.1 Å². The van der Waals surface area contributed by atoms with E-state index in [2.05, 4.69) is 4.98 Å². The molecule has 0 amide bonds. The van der Waals surface area contributed by atoms with Gasteiger partial charge in [0, 0.05) is 27.5 Å². The maximum atomic E-state index is 12.8. The SMILES string of the molecule is Cc1nc(-c2ccc(C(F)(F)F)cc2)sc1CSc1ccc2c(c1)CC[C@](C)(C(=O)O)O2. The molecule has 9 heteroatoms. The fourth-order valence-electron chi connectivity index (χ4n) is 3.39. The normalized spacial score (nSPS) is 18.2. The lowest BCUT2D eigenvalue weighted by Crippen LogP contribution is -2.44. The van der Waals surface area contributed by atoms with E-state index >= 15 is 0 Å². The van der Waals surface area contributed by atoms with Crippen LogP contribution in [-0.4, -0.2) is 21.7 Å². The van der Waals surface area contributed by atoms with Gasteiger partial charge in [0.25, 0.3) is 0 Å². The third kappa shape index (κ3) is 4.63. The number of rotatable bonds is 5. The lowest BCUT2D eigenvalue weighted by atomic mass is 9.93. The molecule has 1 atom stereocenters. The van der Waals surface area contributed by atoms with Crippen LogP contribution in [0.2, 0.25) is 0 Å². The molecule has 0 aliphatic carbocycles. The summed E-state index contributed by atoms with van der Waals surface area (Å²) in [6, 6.07) is 10.8. The van der Waals surface area contributed by atoms with Crippen LogP contribution in [0.25, 0.3) is 10.6 Å². The molecule has 4 rings (SSSR count). The molecular formula is C23H20F3NO3S2. The van der Waals surface area contributed by atoms with E-state index in [1.165, 1.54) is 23.5 Å². The van der Waals surface area contributed by atoms with Crippen molar-refractivity contribution < 1.29 is 27.8 Å². The van der Waals surface area contributed by atoms with Crippen LogP contribution in [-0.2, 0) is 23.1 Å². The lowest BCUT2D eigenvalue weighted by Gasteiger charge is -2.32. The van der Waals surface area contributed by atoms with Gasteiger partial charge in [-0.15, -0.1) is 23.1 Å². The first-order valence-corrected chi connectivity index (χ1v) is 11.7. The van der Waals surface area contributed by atoms with E-state index in [1.807, 2.05) is 25.1 Å². The smallest absolute Gasteiger partial charge is 0.416 e. The van der Waals surface area contributed by atoms with Crippen molar-refractivity contribution in [1.29, 1.82) is 0 Å². The molecular weight excluding hydrogens is 459 g/mol. The number of benzene rings is 2. The fraction of sp³-hybridized carbons (Fsp3) is 0.304. The van der Waals surface area contributed by atoms with Crippen molar-refractivity contribution in [2.45, 2.75) is 49.1 Å². The average Bonchev–Trinajstić information content (AvgIpc) is 3.12. The summed E-state index contributed by atoms with van der Waals surface area (Å²) in [5.41, 5.74) is 0.632. The summed E-state index contributed by atoms with van der Waals surface area (Å²) >= 11 is 3.10. The molecule has 2 heterocycles. The van der Waals surface area contributed by atoms with Crippen molar-refractivity contribution in [3.63, 3.8) is 0 Å². The molecule has 0 radical (unpaired) electrons. The third-order valence-corrected chi connectivity index (χ3v) is 7.82.